The Bertz CT molecular complexity index is 555. The lowest BCUT2D eigenvalue weighted by Gasteiger charge is -2.32. The molecule has 1 aliphatic heterocycles. The molecule has 0 spiro atoms. The van der Waals surface area contributed by atoms with Crippen LogP contribution in [0.2, 0.25) is 0 Å². The van der Waals surface area contributed by atoms with Crippen molar-refractivity contribution in [1.82, 2.24) is 10.1 Å². The second-order valence-corrected chi connectivity index (χ2v) is 4.95. The predicted octanol–water partition coefficient (Wildman–Crippen LogP) is 1.64. The number of rotatable bonds is 3. The van der Waals surface area contributed by atoms with Gasteiger partial charge in [-0.15, -0.1) is 0 Å². The molecule has 102 valence electrons. The van der Waals surface area contributed by atoms with Gasteiger partial charge in [0, 0.05) is 19.8 Å². The van der Waals surface area contributed by atoms with E-state index in [9.17, 15) is 0 Å². The molecular formula is C13H17N3O3. The zero-order valence-corrected chi connectivity index (χ0v) is 10.9. The molecule has 0 aromatic carbocycles. The Hall–Kier alpha value is -1.66. The van der Waals surface area contributed by atoms with E-state index in [0.29, 0.717) is 37.2 Å². The van der Waals surface area contributed by atoms with Crippen molar-refractivity contribution in [2.24, 2.45) is 5.73 Å². The van der Waals surface area contributed by atoms with E-state index in [-0.39, 0.29) is 5.41 Å². The average Bonchev–Trinajstić information content (AvgIpc) is 3.08. The number of ether oxygens (including phenoxy) is 1. The smallest absolute Gasteiger partial charge is 0.238 e. The molecule has 0 bridgehead atoms. The van der Waals surface area contributed by atoms with Crippen LogP contribution < -0.4 is 5.73 Å². The van der Waals surface area contributed by atoms with Gasteiger partial charge in [-0.25, -0.2) is 0 Å². The van der Waals surface area contributed by atoms with E-state index in [1.807, 2.05) is 13.0 Å². The molecule has 1 aliphatic rings. The number of hydrogen-bond acceptors (Lipinski definition) is 6. The summed E-state index contributed by atoms with van der Waals surface area (Å²) in [5.41, 5.74) is 6.65. The lowest BCUT2D eigenvalue weighted by atomic mass is 9.80. The van der Waals surface area contributed by atoms with Gasteiger partial charge in [-0.1, -0.05) is 5.16 Å². The highest BCUT2D eigenvalue weighted by molar-refractivity contribution is 5.51. The summed E-state index contributed by atoms with van der Waals surface area (Å²) < 4.78 is 16.2. The molecule has 2 N–H and O–H groups in total. The summed E-state index contributed by atoms with van der Waals surface area (Å²) in [5, 5.41) is 4.01. The minimum Gasteiger partial charge on any atom is -0.461 e. The minimum atomic E-state index is -0.260. The van der Waals surface area contributed by atoms with Gasteiger partial charge in [0.05, 0.1) is 11.7 Å². The van der Waals surface area contributed by atoms with E-state index in [2.05, 4.69) is 10.1 Å². The average molecular weight is 263 g/mol. The second kappa shape index (κ2) is 4.79. The number of furan rings is 1. The van der Waals surface area contributed by atoms with Gasteiger partial charge in [0.15, 0.2) is 5.76 Å². The molecule has 0 amide bonds. The van der Waals surface area contributed by atoms with Gasteiger partial charge in [0.2, 0.25) is 11.7 Å². The Balaban J connectivity index is 1.94. The van der Waals surface area contributed by atoms with Crippen LogP contribution in [0, 0.1) is 6.92 Å². The minimum absolute atomic E-state index is 0.260. The van der Waals surface area contributed by atoms with Crippen LogP contribution in [0.4, 0.5) is 0 Å². The summed E-state index contributed by atoms with van der Waals surface area (Å²) in [4.78, 5) is 4.47. The molecule has 3 heterocycles. The van der Waals surface area contributed by atoms with E-state index >= 15 is 0 Å². The van der Waals surface area contributed by atoms with Crippen LogP contribution in [0.5, 0.6) is 0 Å². The van der Waals surface area contributed by atoms with E-state index in [4.69, 9.17) is 19.4 Å². The highest BCUT2D eigenvalue weighted by atomic mass is 16.5. The first kappa shape index (κ1) is 12.4. The molecule has 6 nitrogen and oxygen atoms in total. The first-order valence-electron chi connectivity index (χ1n) is 6.42. The molecule has 0 atom stereocenters. The predicted molar refractivity (Wildman–Crippen MR) is 67.5 cm³/mol. The van der Waals surface area contributed by atoms with Crippen LogP contribution in [0.1, 0.15) is 24.3 Å². The van der Waals surface area contributed by atoms with Gasteiger partial charge in [0.1, 0.15) is 0 Å². The Morgan fingerprint density at radius 3 is 2.79 bits per heavy atom. The standard InChI is InChI=1S/C13H17N3O3/c1-9-2-5-18-10(9)11-15-12(19-16-11)13(8-14)3-6-17-7-4-13/h2,5H,3-4,6-8,14H2,1H3. The summed E-state index contributed by atoms with van der Waals surface area (Å²) in [7, 11) is 0. The van der Waals surface area contributed by atoms with Crippen molar-refractivity contribution in [2.45, 2.75) is 25.2 Å². The van der Waals surface area contributed by atoms with Gasteiger partial charge in [-0.05, 0) is 31.4 Å². The van der Waals surface area contributed by atoms with Crippen molar-refractivity contribution >= 4 is 0 Å². The molecule has 0 saturated carbocycles. The van der Waals surface area contributed by atoms with Gasteiger partial charge < -0.3 is 19.4 Å². The van der Waals surface area contributed by atoms with Gasteiger partial charge in [-0.3, -0.25) is 0 Å². The third-order valence-electron chi connectivity index (χ3n) is 3.79. The summed E-state index contributed by atoms with van der Waals surface area (Å²) in [6, 6.07) is 1.87. The Labute approximate surface area is 110 Å². The Morgan fingerprint density at radius 1 is 1.37 bits per heavy atom. The number of hydrogen-bond donors (Lipinski definition) is 1. The fraction of sp³-hybridized carbons (Fsp3) is 0.538. The quantitative estimate of drug-likeness (QED) is 0.905. The maximum atomic E-state index is 5.92. The van der Waals surface area contributed by atoms with Crippen molar-refractivity contribution in [3.8, 4) is 11.6 Å². The Morgan fingerprint density at radius 2 is 2.16 bits per heavy atom. The largest absolute Gasteiger partial charge is 0.461 e. The van der Waals surface area contributed by atoms with E-state index in [1.165, 1.54) is 0 Å². The normalized spacial score (nSPS) is 18.6. The van der Waals surface area contributed by atoms with E-state index < -0.39 is 0 Å². The first-order valence-corrected chi connectivity index (χ1v) is 6.42. The first-order chi connectivity index (χ1) is 9.25. The maximum Gasteiger partial charge on any atom is 0.238 e. The molecule has 1 fully saturated rings. The number of aryl methyl sites for hydroxylation is 1. The van der Waals surface area contributed by atoms with Crippen molar-refractivity contribution in [3.05, 3.63) is 23.8 Å². The fourth-order valence-corrected chi connectivity index (χ4v) is 2.40. The van der Waals surface area contributed by atoms with Gasteiger partial charge in [0.25, 0.3) is 0 Å². The number of nitrogens with two attached hydrogens (primary N) is 1. The van der Waals surface area contributed by atoms with Crippen LogP contribution in [0.25, 0.3) is 11.6 Å². The summed E-state index contributed by atoms with van der Waals surface area (Å²) >= 11 is 0. The van der Waals surface area contributed by atoms with Crippen LogP contribution in [-0.2, 0) is 10.2 Å². The molecule has 0 unspecified atom stereocenters. The highest BCUT2D eigenvalue weighted by Crippen LogP contribution is 2.34. The molecule has 3 rings (SSSR count). The summed E-state index contributed by atoms with van der Waals surface area (Å²) in [6.45, 7) is 3.78. The zero-order valence-electron chi connectivity index (χ0n) is 10.9. The molecule has 2 aromatic rings. The lowest BCUT2D eigenvalue weighted by Crippen LogP contribution is -2.40. The van der Waals surface area contributed by atoms with Crippen LogP contribution in [-0.4, -0.2) is 29.9 Å². The van der Waals surface area contributed by atoms with Crippen LogP contribution >= 0.6 is 0 Å². The van der Waals surface area contributed by atoms with Gasteiger partial charge in [-0.2, -0.15) is 4.98 Å². The van der Waals surface area contributed by atoms with Crippen molar-refractivity contribution in [1.29, 1.82) is 0 Å². The zero-order chi connectivity index (χ0) is 13.3. The molecule has 1 saturated heterocycles. The van der Waals surface area contributed by atoms with Crippen molar-refractivity contribution < 1.29 is 13.7 Å². The molecule has 2 aromatic heterocycles. The lowest BCUT2D eigenvalue weighted by molar-refractivity contribution is 0.0409. The third kappa shape index (κ3) is 2.06. The molecule has 19 heavy (non-hydrogen) atoms. The molecule has 0 aliphatic carbocycles. The van der Waals surface area contributed by atoms with Crippen molar-refractivity contribution in [2.75, 3.05) is 19.8 Å². The van der Waals surface area contributed by atoms with Crippen molar-refractivity contribution in [3.63, 3.8) is 0 Å². The number of nitrogens with zero attached hydrogens (tertiary/aromatic N) is 2. The third-order valence-corrected chi connectivity index (χ3v) is 3.79. The molecular weight excluding hydrogens is 246 g/mol. The molecule has 0 radical (unpaired) electrons. The van der Waals surface area contributed by atoms with E-state index in [1.54, 1.807) is 6.26 Å². The Kier molecular flexibility index (Phi) is 3.12. The topological polar surface area (TPSA) is 87.3 Å². The highest BCUT2D eigenvalue weighted by Gasteiger charge is 2.39. The summed E-state index contributed by atoms with van der Waals surface area (Å²) in [6.07, 6.45) is 3.23. The van der Waals surface area contributed by atoms with E-state index in [0.717, 1.165) is 18.4 Å². The SMILES string of the molecule is Cc1ccoc1-c1noc(C2(CN)CCOCC2)n1. The number of aromatic nitrogens is 2. The second-order valence-electron chi connectivity index (χ2n) is 4.95. The maximum absolute atomic E-state index is 5.92. The summed E-state index contributed by atoms with van der Waals surface area (Å²) in [5.74, 6) is 1.72. The van der Waals surface area contributed by atoms with Crippen LogP contribution in [0.15, 0.2) is 21.3 Å². The van der Waals surface area contributed by atoms with Gasteiger partial charge >= 0.3 is 0 Å². The monoisotopic (exact) mass is 263 g/mol. The van der Waals surface area contributed by atoms with Crippen LogP contribution in [0.3, 0.4) is 0 Å². The molecule has 6 heteroatoms. The fourth-order valence-electron chi connectivity index (χ4n) is 2.40.